The molecule has 0 aliphatic heterocycles. The predicted molar refractivity (Wildman–Crippen MR) is 110 cm³/mol. The van der Waals surface area contributed by atoms with E-state index in [0.29, 0.717) is 6.42 Å². The molecule has 1 atom stereocenters. The lowest BCUT2D eigenvalue weighted by molar-refractivity contribution is -0.137. The summed E-state index contributed by atoms with van der Waals surface area (Å²) < 4.78 is 63.5. The maximum Gasteiger partial charge on any atom is 0.416 e. The first-order valence-corrected chi connectivity index (χ1v) is 11.2. The molecule has 0 fully saturated rings. The van der Waals surface area contributed by atoms with Crippen molar-refractivity contribution in [2.24, 2.45) is 5.92 Å². The number of anilines is 1. The van der Waals surface area contributed by atoms with Crippen molar-refractivity contribution in [3.63, 3.8) is 0 Å². The summed E-state index contributed by atoms with van der Waals surface area (Å²) in [6, 6.07) is 12.6. The molecule has 1 N–H and O–H groups in total. The van der Waals surface area contributed by atoms with Crippen molar-refractivity contribution in [1.29, 1.82) is 0 Å². The van der Waals surface area contributed by atoms with Gasteiger partial charge in [0.2, 0.25) is 15.9 Å². The lowest BCUT2D eigenvalue weighted by Crippen LogP contribution is -2.41. The maximum atomic E-state index is 12.8. The molecule has 5 nitrogen and oxygen atoms in total. The van der Waals surface area contributed by atoms with E-state index < -0.39 is 34.2 Å². The van der Waals surface area contributed by atoms with E-state index >= 15 is 0 Å². The molecule has 0 bridgehead atoms. The van der Waals surface area contributed by atoms with Crippen molar-refractivity contribution >= 4 is 21.6 Å². The minimum absolute atomic E-state index is 0.0132. The first-order chi connectivity index (χ1) is 13.9. The van der Waals surface area contributed by atoms with E-state index in [-0.39, 0.29) is 17.6 Å². The van der Waals surface area contributed by atoms with Crippen LogP contribution in [0.3, 0.4) is 0 Å². The summed E-state index contributed by atoms with van der Waals surface area (Å²) in [5.41, 5.74) is -0.0222. The van der Waals surface area contributed by atoms with Gasteiger partial charge in [-0.1, -0.05) is 44.2 Å². The molecular weight excluding hydrogens is 417 g/mol. The Kier molecular flexibility index (Phi) is 7.52. The average molecular weight is 443 g/mol. The van der Waals surface area contributed by atoms with Gasteiger partial charge < -0.3 is 5.32 Å². The minimum Gasteiger partial charge on any atom is -0.348 e. The summed E-state index contributed by atoms with van der Waals surface area (Å²) >= 11 is 0. The quantitative estimate of drug-likeness (QED) is 0.660. The molecule has 0 aliphatic carbocycles. The summed E-state index contributed by atoms with van der Waals surface area (Å²) in [7, 11) is -3.89. The molecule has 0 heterocycles. The van der Waals surface area contributed by atoms with Crippen LogP contribution in [0.15, 0.2) is 54.6 Å². The molecule has 30 heavy (non-hydrogen) atoms. The summed E-state index contributed by atoms with van der Waals surface area (Å²) in [4.78, 5) is 12.7. The van der Waals surface area contributed by atoms with E-state index in [1.54, 1.807) is 0 Å². The van der Waals surface area contributed by atoms with Crippen LogP contribution >= 0.6 is 0 Å². The molecule has 0 spiro atoms. The Hall–Kier alpha value is -2.55. The number of hydrogen-bond acceptors (Lipinski definition) is 3. The number of benzene rings is 2. The molecule has 0 unspecified atom stereocenters. The molecule has 0 radical (unpaired) electrons. The topological polar surface area (TPSA) is 66.5 Å². The van der Waals surface area contributed by atoms with Crippen molar-refractivity contribution < 1.29 is 26.4 Å². The molecule has 0 saturated heterocycles. The lowest BCUT2D eigenvalue weighted by Gasteiger charge is -2.25. The largest absolute Gasteiger partial charge is 0.416 e. The van der Waals surface area contributed by atoms with E-state index in [4.69, 9.17) is 0 Å². The molecule has 2 aromatic carbocycles. The van der Waals surface area contributed by atoms with Gasteiger partial charge in [-0.2, -0.15) is 13.2 Å². The number of nitrogens with one attached hydrogen (secondary N) is 1. The van der Waals surface area contributed by atoms with Crippen LogP contribution in [0, 0.1) is 5.92 Å². The van der Waals surface area contributed by atoms with Gasteiger partial charge in [-0.15, -0.1) is 0 Å². The Bertz CT molecular complexity index is 944. The minimum atomic E-state index is -4.54. The third-order valence-corrected chi connectivity index (χ3v) is 5.56. The first kappa shape index (κ1) is 23.7. The van der Waals surface area contributed by atoms with Crippen LogP contribution in [0.1, 0.15) is 37.4 Å². The zero-order chi connectivity index (χ0) is 22.5. The van der Waals surface area contributed by atoms with Crippen LogP contribution in [0.2, 0.25) is 0 Å². The second-order valence-corrected chi connectivity index (χ2v) is 9.38. The Labute approximate surface area is 175 Å². The molecule has 0 aromatic heterocycles. The monoisotopic (exact) mass is 442 g/mol. The second-order valence-electron chi connectivity index (χ2n) is 7.47. The van der Waals surface area contributed by atoms with Gasteiger partial charge in [-0.3, -0.25) is 9.10 Å². The van der Waals surface area contributed by atoms with Gasteiger partial charge in [0.25, 0.3) is 0 Å². The summed E-state index contributed by atoms with van der Waals surface area (Å²) in [5.74, 6) is -0.272. The number of nitrogens with zero attached hydrogens (tertiary/aromatic N) is 1. The first-order valence-electron chi connectivity index (χ1n) is 9.37. The number of sulfonamides is 1. The van der Waals surface area contributed by atoms with Gasteiger partial charge in [-0.25, -0.2) is 8.42 Å². The summed E-state index contributed by atoms with van der Waals surface area (Å²) in [6.07, 6.45) is -2.98. The third kappa shape index (κ3) is 6.76. The molecule has 164 valence electrons. The molecule has 0 saturated carbocycles. The SMILES string of the molecule is CC(C)C[C@H](NC(=O)CN(c1ccc(C(F)(F)F)cc1)S(C)(=O)=O)c1ccccc1. The highest BCUT2D eigenvalue weighted by molar-refractivity contribution is 7.92. The smallest absolute Gasteiger partial charge is 0.348 e. The van der Waals surface area contributed by atoms with Gasteiger partial charge in [0.1, 0.15) is 6.54 Å². The van der Waals surface area contributed by atoms with Crippen molar-refractivity contribution in [2.45, 2.75) is 32.5 Å². The summed E-state index contributed by atoms with van der Waals surface area (Å²) in [5, 5.41) is 2.85. The summed E-state index contributed by atoms with van der Waals surface area (Å²) in [6.45, 7) is 3.48. The number of rotatable bonds is 8. The normalized spacial score (nSPS) is 13.2. The Morgan fingerprint density at radius 3 is 2.07 bits per heavy atom. The highest BCUT2D eigenvalue weighted by atomic mass is 32.2. The van der Waals surface area contributed by atoms with Crippen molar-refractivity contribution in [3.05, 3.63) is 65.7 Å². The fourth-order valence-electron chi connectivity index (χ4n) is 3.02. The van der Waals surface area contributed by atoms with Crippen LogP contribution in [0.25, 0.3) is 0 Å². The Morgan fingerprint density at radius 1 is 1.03 bits per heavy atom. The Morgan fingerprint density at radius 2 is 1.60 bits per heavy atom. The van der Waals surface area contributed by atoms with Crippen molar-refractivity contribution in [3.8, 4) is 0 Å². The van der Waals surface area contributed by atoms with Gasteiger partial charge in [0, 0.05) is 0 Å². The van der Waals surface area contributed by atoms with Crippen LogP contribution in [0.4, 0.5) is 18.9 Å². The zero-order valence-electron chi connectivity index (χ0n) is 17.0. The number of carbonyl (C=O) groups is 1. The van der Waals surface area contributed by atoms with Crippen LogP contribution in [-0.2, 0) is 21.0 Å². The van der Waals surface area contributed by atoms with Gasteiger partial charge in [0.15, 0.2) is 0 Å². The Balaban J connectivity index is 2.22. The van der Waals surface area contributed by atoms with Crippen molar-refractivity contribution in [1.82, 2.24) is 5.32 Å². The van der Waals surface area contributed by atoms with E-state index in [1.807, 2.05) is 44.2 Å². The van der Waals surface area contributed by atoms with Crippen LogP contribution < -0.4 is 9.62 Å². The van der Waals surface area contributed by atoms with E-state index in [2.05, 4.69) is 5.32 Å². The molecule has 2 rings (SSSR count). The van der Waals surface area contributed by atoms with E-state index in [9.17, 15) is 26.4 Å². The van der Waals surface area contributed by atoms with E-state index in [0.717, 1.165) is 40.4 Å². The lowest BCUT2D eigenvalue weighted by atomic mass is 9.97. The van der Waals surface area contributed by atoms with Crippen LogP contribution in [0.5, 0.6) is 0 Å². The molecule has 9 heteroatoms. The number of halogens is 3. The molecule has 2 aromatic rings. The zero-order valence-corrected chi connectivity index (χ0v) is 17.8. The standard InChI is InChI=1S/C21H25F3N2O3S/c1-15(2)13-19(16-7-5-4-6-8-16)25-20(27)14-26(30(3,28)29)18-11-9-17(10-12-18)21(22,23)24/h4-12,15,19H,13-14H2,1-3H3,(H,25,27)/t19-/m0/s1. The van der Waals surface area contributed by atoms with E-state index in [1.165, 1.54) is 0 Å². The number of alkyl halides is 3. The predicted octanol–water partition coefficient (Wildman–Crippen LogP) is 4.38. The second kappa shape index (κ2) is 9.51. The van der Waals surface area contributed by atoms with Crippen LogP contribution in [-0.4, -0.2) is 27.1 Å². The van der Waals surface area contributed by atoms with Gasteiger partial charge in [0.05, 0.1) is 23.5 Å². The third-order valence-electron chi connectivity index (χ3n) is 4.41. The fraction of sp³-hybridized carbons (Fsp3) is 0.381. The number of amides is 1. The van der Waals surface area contributed by atoms with Gasteiger partial charge >= 0.3 is 6.18 Å². The number of carbonyl (C=O) groups excluding carboxylic acids is 1. The molecule has 1 amide bonds. The highest BCUT2D eigenvalue weighted by Crippen LogP contribution is 2.31. The maximum absolute atomic E-state index is 12.8. The highest BCUT2D eigenvalue weighted by Gasteiger charge is 2.31. The molecule has 0 aliphatic rings. The van der Waals surface area contributed by atoms with Crippen molar-refractivity contribution in [2.75, 3.05) is 17.1 Å². The van der Waals surface area contributed by atoms with Gasteiger partial charge in [-0.05, 0) is 42.2 Å². The average Bonchev–Trinajstić information content (AvgIpc) is 2.64. The molecular formula is C21H25F3N2O3S. The number of hydrogen-bond donors (Lipinski definition) is 1. The fourth-order valence-corrected chi connectivity index (χ4v) is 3.88.